The molecule has 0 spiro atoms. The van der Waals surface area contributed by atoms with E-state index in [1.54, 1.807) is 6.26 Å². The number of hydrogen-bond donors (Lipinski definition) is 2. The molecule has 0 aromatic carbocycles. The van der Waals surface area contributed by atoms with Gasteiger partial charge in [0.05, 0.1) is 6.20 Å². The zero-order chi connectivity index (χ0) is 12.0. The molecule has 1 heterocycles. The van der Waals surface area contributed by atoms with Crippen LogP contribution in [0.4, 0.5) is 16.2 Å². The van der Waals surface area contributed by atoms with E-state index in [-0.39, 0.29) is 5.82 Å². The number of aromatic nitrogens is 2. The Morgan fingerprint density at radius 3 is 2.88 bits per heavy atom. The summed E-state index contributed by atoms with van der Waals surface area (Å²) in [6, 6.07) is 0. The zero-order valence-corrected chi connectivity index (χ0v) is 10.1. The van der Waals surface area contributed by atoms with Crippen molar-refractivity contribution in [2.75, 3.05) is 35.7 Å². The van der Waals surface area contributed by atoms with Crippen LogP contribution in [0.25, 0.3) is 0 Å². The van der Waals surface area contributed by atoms with E-state index >= 15 is 0 Å². The van der Waals surface area contributed by atoms with Gasteiger partial charge in [0.15, 0.2) is 11.6 Å². The predicted octanol–water partition coefficient (Wildman–Crippen LogP) is 0.838. The lowest BCUT2D eigenvalue weighted by Crippen LogP contribution is -2.13. The van der Waals surface area contributed by atoms with E-state index < -0.39 is 16.6 Å². The lowest BCUT2D eigenvalue weighted by atomic mass is 10.5. The molecule has 1 unspecified atom stereocenters. The average molecular weight is 246 g/mol. The Morgan fingerprint density at radius 2 is 2.25 bits per heavy atom. The van der Waals surface area contributed by atoms with Crippen molar-refractivity contribution in [3.8, 4) is 0 Å². The molecule has 1 aromatic rings. The minimum absolute atomic E-state index is 0.136. The molecule has 0 fully saturated rings. The fraction of sp³-hybridized carbons (Fsp3) is 0.556. The molecule has 0 bridgehead atoms. The first-order chi connectivity index (χ1) is 7.63. The van der Waals surface area contributed by atoms with Gasteiger partial charge in [-0.25, -0.2) is 9.37 Å². The van der Waals surface area contributed by atoms with Crippen LogP contribution in [0.3, 0.4) is 0 Å². The lowest BCUT2D eigenvalue weighted by molar-refractivity contribution is 0.617. The Labute approximate surface area is 96.3 Å². The smallest absolute Gasteiger partial charge is 0.224 e. The highest BCUT2D eigenvalue weighted by atomic mass is 32.2. The quantitative estimate of drug-likeness (QED) is 0.778. The van der Waals surface area contributed by atoms with Gasteiger partial charge in [0.1, 0.15) is 0 Å². The Morgan fingerprint density at radius 1 is 1.50 bits per heavy atom. The molecule has 1 aromatic heterocycles. The van der Waals surface area contributed by atoms with Crippen molar-refractivity contribution in [1.82, 2.24) is 9.97 Å². The molecule has 0 aliphatic heterocycles. The van der Waals surface area contributed by atoms with Crippen molar-refractivity contribution in [2.24, 2.45) is 0 Å². The normalized spacial score (nSPS) is 12.2. The van der Waals surface area contributed by atoms with Crippen molar-refractivity contribution in [3.05, 3.63) is 12.0 Å². The van der Waals surface area contributed by atoms with Gasteiger partial charge in [0, 0.05) is 35.9 Å². The molecule has 0 aliphatic carbocycles. The summed E-state index contributed by atoms with van der Waals surface area (Å²) in [5.74, 6) is 0.462. The van der Waals surface area contributed by atoms with Gasteiger partial charge in [-0.15, -0.1) is 0 Å². The lowest BCUT2D eigenvalue weighted by Gasteiger charge is -2.07. The van der Waals surface area contributed by atoms with Crippen LogP contribution in [0.15, 0.2) is 6.20 Å². The molecule has 7 heteroatoms. The third kappa shape index (κ3) is 4.09. The Balaban J connectivity index is 2.62. The molecule has 1 atom stereocenters. The maximum Gasteiger partial charge on any atom is 0.224 e. The second-order valence-corrected chi connectivity index (χ2v) is 4.68. The molecule has 90 valence electrons. The van der Waals surface area contributed by atoms with Crippen molar-refractivity contribution >= 4 is 22.6 Å². The summed E-state index contributed by atoms with van der Waals surface area (Å²) in [6.07, 6.45) is 2.71. The van der Waals surface area contributed by atoms with Crippen LogP contribution in [0.1, 0.15) is 6.92 Å². The van der Waals surface area contributed by atoms with E-state index in [1.807, 2.05) is 6.92 Å². The molecule has 2 N–H and O–H groups in total. The number of nitrogens with zero attached hydrogens (tertiary/aromatic N) is 2. The van der Waals surface area contributed by atoms with Gasteiger partial charge in [-0.3, -0.25) is 4.21 Å². The highest BCUT2D eigenvalue weighted by Crippen LogP contribution is 2.11. The van der Waals surface area contributed by atoms with Crippen molar-refractivity contribution in [2.45, 2.75) is 6.92 Å². The summed E-state index contributed by atoms with van der Waals surface area (Å²) in [5.41, 5.74) is 0. The fourth-order valence-corrected chi connectivity index (χ4v) is 1.44. The van der Waals surface area contributed by atoms with Crippen LogP contribution in [0.2, 0.25) is 0 Å². The summed E-state index contributed by atoms with van der Waals surface area (Å²) >= 11 is 0. The highest BCUT2D eigenvalue weighted by Gasteiger charge is 2.05. The molecular formula is C9H15FN4OS. The van der Waals surface area contributed by atoms with Gasteiger partial charge in [-0.05, 0) is 6.92 Å². The maximum atomic E-state index is 13.2. The fourth-order valence-electron chi connectivity index (χ4n) is 1.05. The van der Waals surface area contributed by atoms with Crippen LogP contribution >= 0.6 is 0 Å². The van der Waals surface area contributed by atoms with Gasteiger partial charge >= 0.3 is 0 Å². The summed E-state index contributed by atoms with van der Waals surface area (Å²) in [5, 5.41) is 5.67. The first-order valence-electron chi connectivity index (χ1n) is 4.93. The summed E-state index contributed by atoms with van der Waals surface area (Å²) in [7, 11) is -0.899. The maximum absolute atomic E-state index is 13.2. The number of nitrogens with one attached hydrogen (secondary N) is 2. The second kappa shape index (κ2) is 6.37. The minimum Gasteiger partial charge on any atom is -0.367 e. The van der Waals surface area contributed by atoms with Gasteiger partial charge in [0.2, 0.25) is 5.95 Å². The molecule has 5 nitrogen and oxygen atoms in total. The number of halogens is 1. The SMILES string of the molecule is CCNc1ncc(F)c(NCCS(C)=O)n1. The minimum atomic E-state index is -0.899. The van der Waals surface area contributed by atoms with E-state index in [1.165, 1.54) is 0 Å². The van der Waals surface area contributed by atoms with E-state index in [2.05, 4.69) is 20.6 Å². The van der Waals surface area contributed by atoms with E-state index in [4.69, 9.17) is 0 Å². The number of hydrogen-bond acceptors (Lipinski definition) is 5. The average Bonchev–Trinajstić information content (AvgIpc) is 2.22. The third-order valence-electron chi connectivity index (χ3n) is 1.76. The van der Waals surface area contributed by atoms with E-state index in [0.29, 0.717) is 24.8 Å². The molecule has 1 rings (SSSR count). The van der Waals surface area contributed by atoms with Gasteiger partial charge in [-0.2, -0.15) is 4.98 Å². The monoisotopic (exact) mass is 246 g/mol. The summed E-state index contributed by atoms with van der Waals surface area (Å²) < 4.78 is 24.1. The highest BCUT2D eigenvalue weighted by molar-refractivity contribution is 7.84. The van der Waals surface area contributed by atoms with Crippen molar-refractivity contribution in [3.63, 3.8) is 0 Å². The Bertz CT molecular complexity index is 375. The Hall–Kier alpha value is -1.24. The molecular weight excluding hydrogens is 231 g/mol. The van der Waals surface area contributed by atoms with Crippen LogP contribution in [0, 0.1) is 5.82 Å². The molecule has 0 aliphatic rings. The molecule has 16 heavy (non-hydrogen) atoms. The summed E-state index contributed by atoms with van der Waals surface area (Å²) in [4.78, 5) is 7.73. The van der Waals surface area contributed by atoms with E-state index in [9.17, 15) is 8.60 Å². The third-order valence-corrected chi connectivity index (χ3v) is 2.54. The first kappa shape index (κ1) is 12.8. The number of rotatable bonds is 6. The van der Waals surface area contributed by atoms with Crippen LogP contribution < -0.4 is 10.6 Å². The van der Waals surface area contributed by atoms with Crippen LogP contribution in [0.5, 0.6) is 0 Å². The van der Waals surface area contributed by atoms with Gasteiger partial charge < -0.3 is 10.6 Å². The van der Waals surface area contributed by atoms with Crippen molar-refractivity contribution < 1.29 is 8.60 Å². The molecule has 0 saturated carbocycles. The second-order valence-electron chi connectivity index (χ2n) is 3.12. The Kier molecular flexibility index (Phi) is 5.10. The zero-order valence-electron chi connectivity index (χ0n) is 9.29. The van der Waals surface area contributed by atoms with E-state index in [0.717, 1.165) is 6.20 Å². The topological polar surface area (TPSA) is 66.9 Å². The summed E-state index contributed by atoms with van der Waals surface area (Å²) in [6.45, 7) is 2.99. The molecule has 0 amide bonds. The molecule has 0 saturated heterocycles. The van der Waals surface area contributed by atoms with Gasteiger partial charge in [-0.1, -0.05) is 0 Å². The van der Waals surface area contributed by atoms with Crippen molar-refractivity contribution in [1.29, 1.82) is 0 Å². The van der Waals surface area contributed by atoms with Crippen LogP contribution in [-0.4, -0.2) is 39.3 Å². The number of anilines is 2. The van der Waals surface area contributed by atoms with Gasteiger partial charge in [0.25, 0.3) is 0 Å². The predicted molar refractivity (Wildman–Crippen MR) is 63.6 cm³/mol. The standard InChI is InChI=1S/C9H15FN4OS/c1-3-11-9-13-6-7(10)8(14-9)12-4-5-16(2)15/h6H,3-5H2,1-2H3,(H2,11,12,13,14). The first-order valence-corrected chi connectivity index (χ1v) is 6.66. The molecule has 0 radical (unpaired) electrons. The largest absolute Gasteiger partial charge is 0.367 e. The van der Waals surface area contributed by atoms with Crippen LogP contribution in [-0.2, 0) is 10.8 Å².